The summed E-state index contributed by atoms with van der Waals surface area (Å²) >= 11 is 1.39. The number of cyclic esters (lactones) is 1. The third kappa shape index (κ3) is 5.93. The van der Waals surface area contributed by atoms with E-state index >= 15 is 0 Å². The van der Waals surface area contributed by atoms with Gasteiger partial charge < -0.3 is 24.1 Å². The molecule has 34 heavy (non-hydrogen) atoms. The third-order valence-electron chi connectivity index (χ3n) is 5.14. The zero-order valence-electron chi connectivity index (χ0n) is 19.9. The number of thioether (sulfide) groups is 1. The minimum absolute atomic E-state index is 0.0764. The highest BCUT2D eigenvalue weighted by Gasteiger charge is 2.30. The number of esters is 2. The first-order valence-corrected chi connectivity index (χ1v) is 12.2. The average Bonchev–Trinajstić information content (AvgIpc) is 2.77. The van der Waals surface area contributed by atoms with Crippen molar-refractivity contribution in [2.45, 2.75) is 39.9 Å². The number of benzene rings is 2. The summed E-state index contributed by atoms with van der Waals surface area (Å²) < 4.78 is 22.9. The predicted molar refractivity (Wildman–Crippen MR) is 131 cm³/mol. The average molecular weight is 487 g/mol. The fraction of sp³-hybridized carbons (Fsp3) is 0.385. The molecule has 0 aromatic heterocycles. The van der Waals surface area contributed by atoms with Crippen LogP contribution in [0, 0.1) is 12.8 Å². The molecule has 0 radical (unpaired) electrons. The zero-order chi connectivity index (χ0) is 24.8. The van der Waals surface area contributed by atoms with Crippen molar-refractivity contribution < 1.29 is 33.6 Å². The molecule has 0 amide bonds. The lowest BCUT2D eigenvalue weighted by Gasteiger charge is -2.24. The molecule has 0 bridgehead atoms. The van der Waals surface area contributed by atoms with Gasteiger partial charge in [-0.25, -0.2) is 4.79 Å². The quantitative estimate of drug-likeness (QED) is 0.219. The van der Waals surface area contributed by atoms with Crippen LogP contribution in [0.5, 0.6) is 23.0 Å². The lowest BCUT2D eigenvalue weighted by molar-refractivity contribution is -0.131. The van der Waals surface area contributed by atoms with Crippen molar-refractivity contribution in [2.24, 2.45) is 5.92 Å². The summed E-state index contributed by atoms with van der Waals surface area (Å²) in [5.74, 6) is 0.892. The van der Waals surface area contributed by atoms with Crippen LogP contribution in [0.4, 0.5) is 0 Å². The highest BCUT2D eigenvalue weighted by molar-refractivity contribution is 8.00. The molecule has 1 aliphatic rings. The van der Waals surface area contributed by atoms with Crippen LogP contribution in [-0.2, 0) is 16.1 Å². The Balaban J connectivity index is 2.03. The van der Waals surface area contributed by atoms with Crippen LogP contribution >= 0.6 is 11.8 Å². The van der Waals surface area contributed by atoms with Gasteiger partial charge in [-0.1, -0.05) is 19.9 Å². The summed E-state index contributed by atoms with van der Waals surface area (Å²) in [5.41, 5.74) is 1.95. The summed E-state index contributed by atoms with van der Waals surface area (Å²) in [6.07, 6.45) is 1.39. The highest BCUT2D eigenvalue weighted by atomic mass is 32.2. The fourth-order valence-corrected chi connectivity index (χ4v) is 4.24. The van der Waals surface area contributed by atoms with Crippen molar-refractivity contribution in [3.8, 4) is 23.0 Å². The van der Waals surface area contributed by atoms with Crippen LogP contribution in [0.1, 0.15) is 53.4 Å². The zero-order valence-corrected chi connectivity index (χ0v) is 20.7. The molecular weight excluding hydrogens is 456 g/mol. The number of fused-ring (bicyclic) bond motifs is 2. The van der Waals surface area contributed by atoms with E-state index in [0.717, 1.165) is 5.56 Å². The highest BCUT2D eigenvalue weighted by Crippen LogP contribution is 2.44. The van der Waals surface area contributed by atoms with Crippen LogP contribution in [0.3, 0.4) is 0 Å². The van der Waals surface area contributed by atoms with Gasteiger partial charge in [-0.15, -0.1) is 18.3 Å². The van der Waals surface area contributed by atoms with Gasteiger partial charge in [-0.2, -0.15) is 0 Å². The normalized spacial score (nSPS) is 13.5. The van der Waals surface area contributed by atoms with Crippen molar-refractivity contribution >= 4 is 23.7 Å². The van der Waals surface area contributed by atoms with E-state index in [0.29, 0.717) is 29.1 Å². The topological polar surface area (TPSA) is 91.3 Å². The molecule has 182 valence electrons. The Bertz CT molecular complexity index is 1080. The molecule has 3 rings (SSSR count). The summed E-state index contributed by atoms with van der Waals surface area (Å²) in [6.45, 7) is 9.41. The van der Waals surface area contributed by atoms with E-state index in [4.69, 9.17) is 18.9 Å². The smallest absolute Gasteiger partial charge is 0.346 e. The molecule has 0 spiro atoms. The van der Waals surface area contributed by atoms with Gasteiger partial charge in [0.05, 0.1) is 19.0 Å². The van der Waals surface area contributed by atoms with Gasteiger partial charge in [0.2, 0.25) is 0 Å². The monoisotopic (exact) mass is 486 g/mol. The van der Waals surface area contributed by atoms with Crippen molar-refractivity contribution in [2.75, 3.05) is 18.6 Å². The van der Waals surface area contributed by atoms with Crippen molar-refractivity contribution in [3.63, 3.8) is 0 Å². The second-order valence-corrected chi connectivity index (χ2v) is 9.44. The molecule has 1 aliphatic heterocycles. The fourth-order valence-electron chi connectivity index (χ4n) is 3.73. The number of carbonyl (C=O) groups is 2. The summed E-state index contributed by atoms with van der Waals surface area (Å²) in [4.78, 5) is 25.4. The Morgan fingerprint density at radius 3 is 2.76 bits per heavy atom. The third-order valence-corrected chi connectivity index (χ3v) is 6.05. The Morgan fingerprint density at radius 1 is 1.32 bits per heavy atom. The Labute approximate surface area is 204 Å². The molecule has 1 atom stereocenters. The minimum Gasteiger partial charge on any atom is -0.495 e. The molecule has 0 unspecified atom stereocenters. The largest absolute Gasteiger partial charge is 0.495 e. The Morgan fingerprint density at radius 2 is 2.09 bits per heavy atom. The molecule has 0 fully saturated rings. The van der Waals surface area contributed by atoms with Crippen molar-refractivity contribution in [1.29, 1.82) is 0 Å². The number of aliphatic hydroxyl groups is 1. The van der Waals surface area contributed by atoms with Gasteiger partial charge in [0.1, 0.15) is 23.7 Å². The van der Waals surface area contributed by atoms with E-state index in [9.17, 15) is 14.7 Å². The van der Waals surface area contributed by atoms with Gasteiger partial charge in [0, 0.05) is 16.9 Å². The lowest BCUT2D eigenvalue weighted by atomic mass is 9.96. The molecule has 7 nitrogen and oxygen atoms in total. The maximum Gasteiger partial charge on any atom is 0.346 e. The van der Waals surface area contributed by atoms with E-state index in [2.05, 4.69) is 6.58 Å². The van der Waals surface area contributed by atoms with Crippen LogP contribution in [0.2, 0.25) is 0 Å². The predicted octanol–water partition coefficient (Wildman–Crippen LogP) is 5.37. The standard InChI is InChI=1S/C26H30O7S/c1-6-9-34-14-22(28)32-21-12-16(4)11-17-13-31-26(29)23-20(33-24(17)21)8-7-18(25(23)30-5)19(27)10-15(2)3/h6-8,11-12,15,19,27H,1,9-10,13-14H2,2-5H3/t19-/m0/s1. The molecule has 0 saturated carbocycles. The molecule has 1 heterocycles. The van der Waals surface area contributed by atoms with Gasteiger partial charge in [-0.3, -0.25) is 4.79 Å². The molecule has 0 saturated heterocycles. The molecule has 0 aliphatic carbocycles. The minimum atomic E-state index is -0.821. The van der Waals surface area contributed by atoms with Gasteiger partial charge in [0.25, 0.3) is 0 Å². The Hall–Kier alpha value is -2.97. The van der Waals surface area contributed by atoms with Gasteiger partial charge in [0.15, 0.2) is 11.5 Å². The van der Waals surface area contributed by atoms with Crippen LogP contribution in [-0.4, -0.2) is 35.7 Å². The SMILES string of the molecule is C=CCSCC(=O)Oc1cc(C)cc2c1Oc1ccc([C@@H](O)CC(C)C)c(OC)c1C(=O)OC2. The number of aryl methyl sites for hydroxylation is 1. The van der Waals surface area contributed by atoms with E-state index < -0.39 is 18.0 Å². The van der Waals surface area contributed by atoms with E-state index in [-0.39, 0.29) is 41.1 Å². The molecule has 8 heteroatoms. The van der Waals surface area contributed by atoms with Crippen LogP contribution in [0.25, 0.3) is 0 Å². The molecule has 2 aromatic carbocycles. The first-order valence-electron chi connectivity index (χ1n) is 11.0. The molecule has 2 aromatic rings. The Kier molecular flexibility index (Phi) is 8.63. The number of methoxy groups -OCH3 is 1. The number of hydrogen-bond donors (Lipinski definition) is 1. The summed E-state index contributed by atoms with van der Waals surface area (Å²) in [5, 5.41) is 10.7. The van der Waals surface area contributed by atoms with E-state index in [1.54, 1.807) is 24.3 Å². The molecular formula is C26H30O7S. The van der Waals surface area contributed by atoms with Crippen molar-refractivity contribution in [1.82, 2.24) is 0 Å². The van der Waals surface area contributed by atoms with Gasteiger partial charge in [-0.05, 0) is 49.1 Å². The lowest BCUT2D eigenvalue weighted by Crippen LogP contribution is -2.16. The number of carbonyl (C=O) groups excluding carboxylic acids is 2. The molecule has 1 N–H and O–H groups in total. The van der Waals surface area contributed by atoms with Crippen LogP contribution in [0.15, 0.2) is 36.9 Å². The van der Waals surface area contributed by atoms with Gasteiger partial charge >= 0.3 is 11.9 Å². The first kappa shape index (κ1) is 25.6. The number of ether oxygens (including phenoxy) is 4. The number of aliphatic hydroxyl groups excluding tert-OH is 1. The first-order chi connectivity index (χ1) is 16.2. The second kappa shape index (κ2) is 11.4. The summed E-state index contributed by atoms with van der Waals surface area (Å²) in [6, 6.07) is 6.79. The maximum absolute atomic E-state index is 13.0. The van der Waals surface area contributed by atoms with E-state index in [1.165, 1.54) is 18.9 Å². The number of hydrogen-bond acceptors (Lipinski definition) is 8. The van der Waals surface area contributed by atoms with E-state index in [1.807, 2.05) is 26.8 Å². The van der Waals surface area contributed by atoms with Crippen LogP contribution < -0.4 is 14.2 Å². The maximum atomic E-state index is 13.0. The van der Waals surface area contributed by atoms with Crippen molar-refractivity contribution in [3.05, 3.63) is 59.2 Å². The second-order valence-electron chi connectivity index (χ2n) is 8.41. The summed E-state index contributed by atoms with van der Waals surface area (Å²) in [7, 11) is 1.43. The number of rotatable bonds is 9.